The summed E-state index contributed by atoms with van der Waals surface area (Å²) in [4.78, 5) is 33.7. The first kappa shape index (κ1) is 19.2. The number of carbonyl (C=O) groups excluding carboxylic acids is 2. The second kappa shape index (κ2) is 8.30. The van der Waals surface area contributed by atoms with Crippen molar-refractivity contribution in [3.05, 3.63) is 68.7 Å². The molecule has 2 rings (SSSR count). The van der Waals surface area contributed by atoms with Crippen LogP contribution in [0.25, 0.3) is 0 Å². The zero-order chi connectivity index (χ0) is 19.3. The minimum atomic E-state index is -1.35. The number of nitrogens with zero attached hydrogens (tertiary/aromatic N) is 1. The number of nitrogens with one attached hydrogen (secondary N) is 1. The number of nitro benzene ring substituents is 1. The van der Waals surface area contributed by atoms with Crippen molar-refractivity contribution in [3.8, 4) is 5.75 Å². The Labute approximate surface area is 153 Å². The van der Waals surface area contributed by atoms with Gasteiger partial charge in [0.05, 0.1) is 18.1 Å². The van der Waals surface area contributed by atoms with Gasteiger partial charge >= 0.3 is 0 Å². The number of methoxy groups -OCH3 is 1. The second-order valence-electron chi connectivity index (χ2n) is 5.30. The largest absolute Gasteiger partial charge is 0.550 e. The number of rotatable bonds is 7. The summed E-state index contributed by atoms with van der Waals surface area (Å²) in [5, 5.41) is 24.4. The van der Waals surface area contributed by atoms with Crippen LogP contribution >= 0.6 is 11.6 Å². The highest BCUT2D eigenvalue weighted by Gasteiger charge is 2.20. The van der Waals surface area contributed by atoms with Gasteiger partial charge in [-0.2, -0.15) is 0 Å². The monoisotopic (exact) mass is 377 g/mol. The minimum absolute atomic E-state index is 0.0158. The topological polar surface area (TPSA) is 122 Å². The smallest absolute Gasteiger partial charge is 0.288 e. The normalized spacial score (nSPS) is 11.5. The molecule has 0 unspecified atom stereocenters. The highest BCUT2D eigenvalue weighted by atomic mass is 35.5. The molecule has 0 fully saturated rings. The Bertz CT molecular complexity index is 838. The third-order valence-electron chi connectivity index (χ3n) is 3.60. The Hall–Kier alpha value is -3.13. The Balaban J connectivity index is 2.27. The van der Waals surface area contributed by atoms with Crippen molar-refractivity contribution in [1.82, 2.24) is 5.32 Å². The summed E-state index contributed by atoms with van der Waals surface area (Å²) in [7, 11) is 1.49. The Morgan fingerprint density at radius 1 is 1.23 bits per heavy atom. The molecule has 2 aromatic carbocycles. The first-order valence-electron chi connectivity index (χ1n) is 7.40. The molecule has 0 spiro atoms. The molecule has 0 saturated carbocycles. The molecule has 9 heteroatoms. The van der Waals surface area contributed by atoms with Gasteiger partial charge in [0.2, 0.25) is 0 Å². The number of benzene rings is 2. The van der Waals surface area contributed by atoms with E-state index in [4.69, 9.17) is 16.3 Å². The molecule has 2 aromatic rings. The van der Waals surface area contributed by atoms with Gasteiger partial charge < -0.3 is 20.0 Å². The van der Waals surface area contributed by atoms with Crippen LogP contribution < -0.4 is 15.2 Å². The van der Waals surface area contributed by atoms with Gasteiger partial charge in [-0.15, -0.1) is 0 Å². The SMILES string of the molecule is COc1ccc([C@@H](CC(=O)[O-])NC(=O)c2ccc(Cl)c([N+](=O)[O-])c2)cc1. The number of hydrogen-bond donors (Lipinski definition) is 1. The van der Waals surface area contributed by atoms with Crippen LogP contribution in [0.2, 0.25) is 5.02 Å². The van der Waals surface area contributed by atoms with E-state index in [1.807, 2.05) is 0 Å². The van der Waals surface area contributed by atoms with Gasteiger partial charge in [-0.05, 0) is 29.8 Å². The summed E-state index contributed by atoms with van der Waals surface area (Å²) in [6.07, 6.45) is -0.465. The number of hydrogen-bond acceptors (Lipinski definition) is 6. The summed E-state index contributed by atoms with van der Waals surface area (Å²) in [6, 6.07) is 9.15. The molecule has 0 aliphatic heterocycles. The lowest BCUT2D eigenvalue weighted by Gasteiger charge is -2.20. The van der Waals surface area contributed by atoms with E-state index in [0.29, 0.717) is 11.3 Å². The predicted octanol–water partition coefficient (Wildman–Crippen LogP) is 1.87. The van der Waals surface area contributed by atoms with Gasteiger partial charge in [-0.1, -0.05) is 23.7 Å². The van der Waals surface area contributed by atoms with Crippen LogP contribution in [0.4, 0.5) is 5.69 Å². The van der Waals surface area contributed by atoms with E-state index in [1.165, 1.54) is 19.2 Å². The van der Waals surface area contributed by atoms with Crippen LogP contribution in [0.15, 0.2) is 42.5 Å². The zero-order valence-electron chi connectivity index (χ0n) is 13.6. The minimum Gasteiger partial charge on any atom is -0.550 e. The Morgan fingerprint density at radius 3 is 2.42 bits per heavy atom. The van der Waals surface area contributed by atoms with Gasteiger partial charge in [0.1, 0.15) is 10.8 Å². The Morgan fingerprint density at radius 2 is 1.88 bits per heavy atom. The Kier molecular flexibility index (Phi) is 6.13. The lowest BCUT2D eigenvalue weighted by molar-refractivity contribution is -0.384. The molecular weight excluding hydrogens is 364 g/mol. The first-order valence-corrected chi connectivity index (χ1v) is 7.78. The molecule has 1 atom stereocenters. The average Bonchev–Trinajstić information content (AvgIpc) is 2.61. The van der Waals surface area contributed by atoms with Crippen LogP contribution in [-0.4, -0.2) is 23.9 Å². The fourth-order valence-corrected chi connectivity index (χ4v) is 2.48. The van der Waals surface area contributed by atoms with Crippen LogP contribution in [0.1, 0.15) is 28.4 Å². The van der Waals surface area contributed by atoms with E-state index < -0.39 is 34.9 Å². The van der Waals surface area contributed by atoms with E-state index in [0.717, 1.165) is 6.07 Å². The van der Waals surface area contributed by atoms with Crippen molar-refractivity contribution in [2.24, 2.45) is 0 Å². The van der Waals surface area contributed by atoms with Gasteiger partial charge in [0.25, 0.3) is 11.6 Å². The second-order valence-corrected chi connectivity index (χ2v) is 5.71. The summed E-state index contributed by atoms with van der Waals surface area (Å²) < 4.78 is 5.03. The molecular formula is C17H14ClN2O6-. The number of halogens is 1. The van der Waals surface area contributed by atoms with Crippen molar-refractivity contribution in [2.45, 2.75) is 12.5 Å². The van der Waals surface area contributed by atoms with E-state index >= 15 is 0 Å². The fraction of sp³-hybridized carbons (Fsp3) is 0.176. The number of nitro groups is 1. The standard InChI is InChI=1S/C17H15ClN2O6/c1-26-12-5-2-10(3-6-12)14(9-16(21)22)19-17(23)11-4-7-13(18)15(8-11)20(24)25/h2-8,14H,9H2,1H3,(H,19,23)(H,21,22)/p-1/t14-/m1/s1. The fourth-order valence-electron chi connectivity index (χ4n) is 2.29. The van der Waals surface area contributed by atoms with E-state index in [-0.39, 0.29) is 10.6 Å². The van der Waals surface area contributed by atoms with E-state index in [2.05, 4.69) is 5.32 Å². The van der Waals surface area contributed by atoms with Gasteiger partial charge in [-0.25, -0.2) is 0 Å². The summed E-state index contributed by atoms with van der Waals surface area (Å²) in [5.41, 5.74) is 0.0880. The number of aliphatic carboxylic acids is 1. The van der Waals surface area contributed by atoms with E-state index in [1.54, 1.807) is 24.3 Å². The number of carbonyl (C=O) groups is 2. The van der Waals surface area contributed by atoms with Crippen LogP contribution in [0, 0.1) is 10.1 Å². The van der Waals surface area contributed by atoms with Gasteiger partial charge in [-0.3, -0.25) is 14.9 Å². The van der Waals surface area contributed by atoms with Crippen LogP contribution in [0.3, 0.4) is 0 Å². The number of carboxylic acid groups (broad SMARTS) is 1. The quantitative estimate of drug-likeness (QED) is 0.580. The summed E-state index contributed by atoms with van der Waals surface area (Å²) in [5.74, 6) is -1.46. The number of amides is 1. The zero-order valence-corrected chi connectivity index (χ0v) is 14.4. The molecule has 0 aromatic heterocycles. The van der Waals surface area contributed by atoms with Crippen LogP contribution in [-0.2, 0) is 4.79 Å². The molecule has 0 aliphatic rings. The lowest BCUT2D eigenvalue weighted by Crippen LogP contribution is -2.34. The molecule has 0 radical (unpaired) electrons. The third-order valence-corrected chi connectivity index (χ3v) is 3.92. The molecule has 0 saturated heterocycles. The third kappa shape index (κ3) is 4.70. The van der Waals surface area contributed by atoms with Crippen LogP contribution in [0.5, 0.6) is 5.75 Å². The molecule has 136 valence electrons. The highest BCUT2D eigenvalue weighted by molar-refractivity contribution is 6.32. The molecule has 1 amide bonds. The van der Waals surface area contributed by atoms with Gasteiger partial charge in [0.15, 0.2) is 0 Å². The van der Waals surface area contributed by atoms with Crippen molar-refractivity contribution in [2.75, 3.05) is 7.11 Å². The molecule has 8 nitrogen and oxygen atoms in total. The maximum atomic E-state index is 12.4. The maximum absolute atomic E-state index is 12.4. The predicted molar refractivity (Wildman–Crippen MR) is 90.9 cm³/mol. The summed E-state index contributed by atoms with van der Waals surface area (Å²) >= 11 is 5.72. The molecule has 0 heterocycles. The number of carboxylic acids is 1. The number of ether oxygens (including phenoxy) is 1. The first-order chi connectivity index (χ1) is 12.3. The van der Waals surface area contributed by atoms with E-state index in [9.17, 15) is 24.8 Å². The van der Waals surface area contributed by atoms with Crippen molar-refractivity contribution < 1.29 is 24.4 Å². The average molecular weight is 378 g/mol. The van der Waals surface area contributed by atoms with Gasteiger partial charge in [0, 0.05) is 24.0 Å². The molecule has 0 bridgehead atoms. The van der Waals surface area contributed by atoms with Crippen molar-refractivity contribution in [3.63, 3.8) is 0 Å². The van der Waals surface area contributed by atoms with Crippen molar-refractivity contribution >= 4 is 29.2 Å². The highest BCUT2D eigenvalue weighted by Crippen LogP contribution is 2.26. The molecule has 26 heavy (non-hydrogen) atoms. The summed E-state index contributed by atoms with van der Waals surface area (Å²) in [6.45, 7) is 0. The van der Waals surface area contributed by atoms with Crippen molar-refractivity contribution in [1.29, 1.82) is 0 Å². The molecule has 0 aliphatic carbocycles. The molecule has 1 N–H and O–H groups in total. The lowest BCUT2D eigenvalue weighted by atomic mass is 10.0. The maximum Gasteiger partial charge on any atom is 0.288 e.